The van der Waals surface area contributed by atoms with Gasteiger partial charge in [0.2, 0.25) is 0 Å². The Balaban J connectivity index is 1.24. The van der Waals surface area contributed by atoms with Crippen LogP contribution in [0, 0.1) is 0 Å². The lowest BCUT2D eigenvalue weighted by Gasteiger charge is -2.36. The van der Waals surface area contributed by atoms with Gasteiger partial charge in [-0.05, 0) is 119 Å². The average Bonchev–Trinajstić information content (AvgIpc) is 4.04. The fourth-order valence-electron chi connectivity index (χ4n) is 12.4. The van der Waals surface area contributed by atoms with Crippen molar-refractivity contribution in [1.29, 1.82) is 0 Å². The van der Waals surface area contributed by atoms with Crippen LogP contribution < -0.4 is 4.90 Å². The van der Waals surface area contributed by atoms with Crippen molar-refractivity contribution in [2.75, 3.05) is 4.90 Å². The van der Waals surface area contributed by atoms with E-state index in [2.05, 4.69) is 241 Å². The van der Waals surface area contributed by atoms with E-state index in [1.54, 1.807) is 0 Å². The van der Waals surface area contributed by atoms with E-state index in [0.717, 1.165) is 11.4 Å². The number of para-hydroxylation sites is 2. The van der Waals surface area contributed by atoms with Crippen molar-refractivity contribution in [3.63, 3.8) is 0 Å². The van der Waals surface area contributed by atoms with Gasteiger partial charge >= 0.3 is 0 Å². The van der Waals surface area contributed by atoms with Crippen LogP contribution in [0.15, 0.2) is 237 Å². The summed E-state index contributed by atoms with van der Waals surface area (Å²) in [6.45, 7) is 0. The van der Waals surface area contributed by atoms with Crippen LogP contribution in [0.3, 0.4) is 0 Å². The minimum absolute atomic E-state index is 0.551. The largest absolute Gasteiger partial charge is 0.309 e. The fraction of sp³-hybridized carbons (Fsp3) is 0.0323. The zero-order chi connectivity index (χ0) is 41.3. The maximum Gasteiger partial charge on any atom is 0.0726 e. The number of nitrogens with zero attached hydrogens (tertiary/aromatic N) is 1. The average molecular weight is 798 g/mol. The summed E-state index contributed by atoms with van der Waals surface area (Å²) in [6.07, 6.45) is 0. The van der Waals surface area contributed by atoms with Gasteiger partial charge in [-0.3, -0.25) is 0 Å². The Morgan fingerprint density at radius 1 is 0.238 bits per heavy atom. The quantitative estimate of drug-likeness (QED) is 0.171. The molecular weight excluding hydrogens is 759 g/mol. The van der Waals surface area contributed by atoms with E-state index in [9.17, 15) is 0 Å². The number of anilines is 3. The molecule has 0 saturated heterocycles. The molecule has 1 heteroatoms. The normalized spacial score (nSPS) is 14.3. The van der Waals surface area contributed by atoms with Gasteiger partial charge in [-0.1, -0.05) is 206 Å². The van der Waals surface area contributed by atoms with E-state index < -0.39 is 10.8 Å². The summed E-state index contributed by atoms with van der Waals surface area (Å²) in [7, 11) is 0. The molecule has 0 amide bonds. The first-order valence-corrected chi connectivity index (χ1v) is 22.1. The van der Waals surface area contributed by atoms with Crippen molar-refractivity contribution >= 4 is 17.1 Å². The van der Waals surface area contributed by atoms with E-state index in [4.69, 9.17) is 0 Å². The number of hydrogen-bond acceptors (Lipinski definition) is 1. The Morgan fingerprint density at radius 2 is 0.587 bits per heavy atom. The van der Waals surface area contributed by atoms with Gasteiger partial charge in [0.05, 0.1) is 16.5 Å². The first-order valence-electron chi connectivity index (χ1n) is 22.1. The highest BCUT2D eigenvalue weighted by Gasteiger charge is 2.58. The molecule has 4 aliphatic rings. The Morgan fingerprint density at radius 3 is 1.05 bits per heavy atom. The molecule has 0 aromatic heterocycles. The topological polar surface area (TPSA) is 3.24 Å². The van der Waals surface area contributed by atoms with Gasteiger partial charge in [-0.15, -0.1) is 0 Å². The Hall–Kier alpha value is -8.00. The third-order valence-corrected chi connectivity index (χ3v) is 14.7. The molecule has 292 valence electrons. The second-order valence-electron chi connectivity index (χ2n) is 17.4. The lowest BCUT2D eigenvalue weighted by Crippen LogP contribution is -2.29. The van der Waals surface area contributed by atoms with Gasteiger partial charge in [0.1, 0.15) is 0 Å². The van der Waals surface area contributed by atoms with Crippen LogP contribution in [-0.4, -0.2) is 0 Å². The maximum absolute atomic E-state index is 2.68. The predicted octanol–water partition coefficient (Wildman–Crippen LogP) is 15.5. The number of benzene rings is 10. The van der Waals surface area contributed by atoms with Gasteiger partial charge in [0.25, 0.3) is 0 Å². The summed E-state index contributed by atoms with van der Waals surface area (Å²) in [4.78, 5) is 2.57. The second-order valence-corrected chi connectivity index (χ2v) is 17.4. The van der Waals surface area contributed by atoms with E-state index in [-0.39, 0.29) is 0 Å². The minimum Gasteiger partial charge on any atom is -0.309 e. The van der Waals surface area contributed by atoms with Crippen LogP contribution in [-0.2, 0) is 10.8 Å². The molecule has 0 saturated carbocycles. The molecule has 1 nitrogen and oxygen atoms in total. The number of hydrogen-bond donors (Lipinski definition) is 0. The zero-order valence-corrected chi connectivity index (χ0v) is 34.5. The van der Waals surface area contributed by atoms with E-state index in [1.807, 2.05) is 0 Å². The van der Waals surface area contributed by atoms with E-state index >= 15 is 0 Å². The molecule has 10 aromatic carbocycles. The molecule has 0 radical (unpaired) electrons. The molecular formula is C62H39N. The highest BCUT2D eigenvalue weighted by Crippen LogP contribution is 2.71. The van der Waals surface area contributed by atoms with E-state index in [1.165, 1.54) is 106 Å². The van der Waals surface area contributed by atoms with Gasteiger partial charge < -0.3 is 4.90 Å². The summed E-state index contributed by atoms with van der Waals surface area (Å²) in [5.74, 6) is 0. The summed E-state index contributed by atoms with van der Waals surface area (Å²) >= 11 is 0. The van der Waals surface area contributed by atoms with Gasteiger partial charge in [-0.25, -0.2) is 0 Å². The number of fused-ring (bicyclic) bond motifs is 20. The first kappa shape index (κ1) is 34.7. The van der Waals surface area contributed by atoms with Crippen LogP contribution in [0.5, 0.6) is 0 Å². The van der Waals surface area contributed by atoms with Crippen molar-refractivity contribution in [1.82, 2.24) is 0 Å². The van der Waals surface area contributed by atoms with Crippen molar-refractivity contribution in [2.24, 2.45) is 0 Å². The molecule has 0 atom stereocenters. The molecule has 4 aliphatic carbocycles. The van der Waals surface area contributed by atoms with Crippen LogP contribution in [0.1, 0.15) is 44.5 Å². The van der Waals surface area contributed by atoms with Crippen LogP contribution in [0.4, 0.5) is 17.1 Å². The van der Waals surface area contributed by atoms with Crippen LogP contribution in [0.2, 0.25) is 0 Å². The summed E-state index contributed by atoms with van der Waals surface area (Å²) in [5, 5.41) is 0. The lowest BCUT2D eigenvalue weighted by molar-refractivity contribution is 0.768. The molecule has 0 heterocycles. The van der Waals surface area contributed by atoms with E-state index in [0.29, 0.717) is 0 Å². The third kappa shape index (κ3) is 4.31. The number of rotatable bonds is 4. The van der Waals surface area contributed by atoms with Crippen LogP contribution in [0.25, 0.3) is 55.6 Å². The highest BCUT2D eigenvalue weighted by molar-refractivity contribution is 6.10. The Labute approximate surface area is 367 Å². The molecule has 0 N–H and O–H groups in total. The van der Waals surface area contributed by atoms with Crippen molar-refractivity contribution < 1.29 is 0 Å². The zero-order valence-electron chi connectivity index (χ0n) is 34.5. The molecule has 14 rings (SSSR count). The lowest BCUT2D eigenvalue weighted by atomic mass is 9.67. The summed E-state index contributed by atoms with van der Waals surface area (Å²) in [6, 6.07) is 89.1. The maximum atomic E-state index is 2.68. The van der Waals surface area contributed by atoms with Gasteiger partial charge in [-0.2, -0.15) is 0 Å². The Bertz CT molecular complexity index is 3380. The second kappa shape index (κ2) is 12.8. The standard InChI is InChI=1S/C62H39N/c1-4-20-40(21-5-1)41-36-37-49-55(38-41)62(52-33-17-12-28-46(52)47-29-13-18-34-53(47)62)57-39-56-58(60(59(49)57)63(42-22-6-2-7-23-42)43-24-8-3-9-25-43)48-30-14-19-35-54(48)61(56)50-31-15-10-26-44(50)45-27-11-16-32-51(45)61/h1-39H. The fourth-order valence-corrected chi connectivity index (χ4v) is 12.4. The minimum atomic E-state index is -0.598. The Kier molecular flexibility index (Phi) is 7.03. The highest BCUT2D eigenvalue weighted by atomic mass is 15.1. The SMILES string of the molecule is c1ccc(-c2ccc3c(c2)C2(c4ccccc4-c4ccccc42)c2cc4c(c(N(c5ccccc5)c5ccccc5)c2-3)-c2ccccc2C42c3ccccc3-c3ccccc32)cc1. The molecule has 0 aliphatic heterocycles. The summed E-state index contributed by atoms with van der Waals surface area (Å²) < 4.78 is 0. The van der Waals surface area contributed by atoms with Gasteiger partial charge in [0, 0.05) is 22.5 Å². The molecule has 2 spiro atoms. The van der Waals surface area contributed by atoms with Crippen LogP contribution >= 0.6 is 0 Å². The molecule has 0 unspecified atom stereocenters. The molecule has 0 fully saturated rings. The van der Waals surface area contributed by atoms with Crippen molar-refractivity contribution in [3.8, 4) is 55.6 Å². The van der Waals surface area contributed by atoms with Gasteiger partial charge in [0.15, 0.2) is 0 Å². The molecule has 0 bridgehead atoms. The van der Waals surface area contributed by atoms with Crippen molar-refractivity contribution in [3.05, 3.63) is 281 Å². The third-order valence-electron chi connectivity index (χ3n) is 14.7. The predicted molar refractivity (Wildman–Crippen MR) is 259 cm³/mol. The smallest absolute Gasteiger partial charge is 0.0726 e. The molecule has 63 heavy (non-hydrogen) atoms. The summed E-state index contributed by atoms with van der Waals surface area (Å²) in [5.41, 5.74) is 25.8. The molecule has 10 aromatic rings. The van der Waals surface area contributed by atoms with Crippen molar-refractivity contribution in [2.45, 2.75) is 10.8 Å². The first-order chi connectivity index (χ1) is 31.3. The monoisotopic (exact) mass is 797 g/mol.